The monoisotopic (exact) mass is 170 g/mol. The highest BCUT2D eigenvalue weighted by Gasteiger charge is 2.20. The molecule has 0 radical (unpaired) electrons. The van der Waals surface area contributed by atoms with Gasteiger partial charge in [-0.15, -0.1) is 0 Å². The van der Waals surface area contributed by atoms with Crippen molar-refractivity contribution in [1.82, 2.24) is 0 Å². The van der Waals surface area contributed by atoms with Crippen molar-refractivity contribution in [3.8, 4) is 0 Å². The lowest BCUT2D eigenvalue weighted by Crippen LogP contribution is -2.20. The fourth-order valence-corrected chi connectivity index (χ4v) is 1.69. The third-order valence-electron chi connectivity index (χ3n) is 2.26. The molecule has 12 heavy (non-hydrogen) atoms. The predicted octanol–water partition coefficient (Wildman–Crippen LogP) is 2.22. The van der Waals surface area contributed by atoms with Crippen LogP contribution in [0.2, 0.25) is 0 Å². The smallest absolute Gasteiger partial charge is 0.133 e. The second-order valence-electron chi connectivity index (χ2n) is 3.51. The molecule has 0 amide bonds. The van der Waals surface area contributed by atoms with Gasteiger partial charge in [0.15, 0.2) is 0 Å². The molecule has 0 heterocycles. The van der Waals surface area contributed by atoms with Gasteiger partial charge in [-0.25, -0.2) is 0 Å². The van der Waals surface area contributed by atoms with Crippen molar-refractivity contribution in [2.75, 3.05) is 0 Å². The maximum absolute atomic E-state index is 11.1. The molecule has 0 fully saturated rings. The fourth-order valence-electron chi connectivity index (χ4n) is 1.69. The highest BCUT2D eigenvalue weighted by atomic mass is 16.1. The van der Waals surface area contributed by atoms with Crippen molar-refractivity contribution in [3.63, 3.8) is 0 Å². The molecule has 0 aromatic carbocycles. The number of carbonyl (C=O) groups excluding carboxylic acids is 2. The number of hydrogen-bond acceptors (Lipinski definition) is 2. The Labute approximate surface area is 74.3 Å². The lowest BCUT2D eigenvalue weighted by atomic mass is 9.85. The maximum Gasteiger partial charge on any atom is 0.133 e. The van der Waals surface area contributed by atoms with Crippen LogP contribution < -0.4 is 0 Å². The number of rotatable bonds is 5. The highest BCUT2D eigenvalue weighted by molar-refractivity contribution is 5.80. The van der Waals surface area contributed by atoms with Gasteiger partial charge in [0.05, 0.1) is 0 Å². The second kappa shape index (κ2) is 5.07. The molecule has 0 saturated carbocycles. The van der Waals surface area contributed by atoms with Gasteiger partial charge < -0.3 is 4.79 Å². The summed E-state index contributed by atoms with van der Waals surface area (Å²) in [6.45, 7) is 7.13. The molecule has 0 aromatic rings. The first-order valence-corrected chi connectivity index (χ1v) is 4.48. The Hall–Kier alpha value is -0.660. The second-order valence-corrected chi connectivity index (χ2v) is 3.51. The molecule has 2 unspecified atom stereocenters. The Balaban J connectivity index is 4.11. The molecule has 2 atom stereocenters. The van der Waals surface area contributed by atoms with Crippen LogP contribution in [0.25, 0.3) is 0 Å². The summed E-state index contributed by atoms with van der Waals surface area (Å²) in [5.74, 6) is 0.632. The highest BCUT2D eigenvalue weighted by Crippen LogP contribution is 2.19. The number of hydrogen-bond donors (Lipinski definition) is 0. The Morgan fingerprint density at radius 2 is 1.75 bits per heavy atom. The van der Waals surface area contributed by atoms with Gasteiger partial charge in [-0.2, -0.15) is 0 Å². The Kier molecular flexibility index (Phi) is 4.79. The van der Waals surface area contributed by atoms with Crippen LogP contribution >= 0.6 is 0 Å². The molecule has 0 N–H and O–H groups in total. The summed E-state index contributed by atoms with van der Waals surface area (Å²) in [7, 11) is 0. The van der Waals surface area contributed by atoms with Gasteiger partial charge in [-0.05, 0) is 26.2 Å². The van der Waals surface area contributed by atoms with Crippen LogP contribution in [0.1, 0.15) is 40.5 Å². The standard InChI is InChI=1S/C10H18O2/c1-5-10(9(4)12)7(2)6-8(3)11/h7,10H,5-6H2,1-4H3. The van der Waals surface area contributed by atoms with Crippen LogP contribution in [-0.2, 0) is 9.59 Å². The summed E-state index contributed by atoms with van der Waals surface area (Å²) in [4.78, 5) is 21.9. The van der Waals surface area contributed by atoms with E-state index < -0.39 is 0 Å². The van der Waals surface area contributed by atoms with Gasteiger partial charge in [0.25, 0.3) is 0 Å². The Bertz CT molecular complexity index is 173. The molecular formula is C10H18O2. The van der Waals surface area contributed by atoms with Gasteiger partial charge in [0.2, 0.25) is 0 Å². The molecule has 0 saturated heterocycles. The van der Waals surface area contributed by atoms with E-state index in [4.69, 9.17) is 0 Å². The number of ketones is 2. The molecule has 0 spiro atoms. The molecule has 0 rings (SSSR count). The minimum Gasteiger partial charge on any atom is -0.300 e. The minimum absolute atomic E-state index is 0.0638. The minimum atomic E-state index is 0.0638. The van der Waals surface area contributed by atoms with Crippen LogP contribution in [0, 0.1) is 11.8 Å². The van der Waals surface area contributed by atoms with Gasteiger partial charge in [0.1, 0.15) is 11.6 Å². The maximum atomic E-state index is 11.1. The first-order valence-electron chi connectivity index (χ1n) is 4.48. The summed E-state index contributed by atoms with van der Waals surface area (Å²) in [6.07, 6.45) is 1.36. The summed E-state index contributed by atoms with van der Waals surface area (Å²) in [5, 5.41) is 0. The lowest BCUT2D eigenvalue weighted by molar-refractivity contribution is -0.123. The van der Waals surface area contributed by atoms with Crippen LogP contribution in [0.5, 0.6) is 0 Å². The van der Waals surface area contributed by atoms with Crippen LogP contribution in [0.15, 0.2) is 0 Å². The SMILES string of the molecule is CCC(C(C)=O)C(C)CC(C)=O. The Morgan fingerprint density at radius 3 is 2.00 bits per heavy atom. The zero-order valence-corrected chi connectivity index (χ0v) is 8.39. The third kappa shape index (κ3) is 3.65. The van der Waals surface area contributed by atoms with E-state index in [-0.39, 0.29) is 23.4 Å². The van der Waals surface area contributed by atoms with Crippen molar-refractivity contribution in [3.05, 3.63) is 0 Å². The predicted molar refractivity (Wildman–Crippen MR) is 48.9 cm³/mol. The fraction of sp³-hybridized carbons (Fsp3) is 0.800. The normalized spacial score (nSPS) is 15.3. The summed E-state index contributed by atoms with van der Waals surface area (Å²) in [5.41, 5.74) is 0. The third-order valence-corrected chi connectivity index (χ3v) is 2.26. The molecule has 70 valence electrons. The van der Waals surface area contributed by atoms with Crippen LogP contribution in [0.4, 0.5) is 0 Å². The summed E-state index contributed by atoms with van der Waals surface area (Å²) in [6, 6.07) is 0. The molecule has 2 heteroatoms. The van der Waals surface area contributed by atoms with Gasteiger partial charge >= 0.3 is 0 Å². The molecule has 0 aliphatic rings. The molecule has 0 aliphatic heterocycles. The van der Waals surface area contributed by atoms with E-state index in [1.165, 1.54) is 0 Å². The molecule has 0 aliphatic carbocycles. The number of Topliss-reactive ketones (excluding diaryl/α,β-unsaturated/α-hetero) is 2. The number of carbonyl (C=O) groups is 2. The van der Waals surface area contributed by atoms with Crippen molar-refractivity contribution < 1.29 is 9.59 Å². The average Bonchev–Trinajstić information content (AvgIpc) is 1.85. The van der Waals surface area contributed by atoms with Crippen molar-refractivity contribution >= 4 is 11.6 Å². The molecule has 0 bridgehead atoms. The first-order chi connectivity index (χ1) is 5.49. The van der Waals surface area contributed by atoms with E-state index >= 15 is 0 Å². The van der Waals surface area contributed by atoms with Gasteiger partial charge in [-0.1, -0.05) is 13.8 Å². The van der Waals surface area contributed by atoms with Crippen LogP contribution in [-0.4, -0.2) is 11.6 Å². The van der Waals surface area contributed by atoms with E-state index in [9.17, 15) is 9.59 Å². The van der Waals surface area contributed by atoms with E-state index in [1.807, 2.05) is 13.8 Å². The van der Waals surface area contributed by atoms with E-state index in [0.29, 0.717) is 6.42 Å². The largest absolute Gasteiger partial charge is 0.300 e. The van der Waals surface area contributed by atoms with E-state index in [0.717, 1.165) is 6.42 Å². The molecule has 0 aromatic heterocycles. The van der Waals surface area contributed by atoms with Crippen molar-refractivity contribution in [1.29, 1.82) is 0 Å². The first kappa shape index (κ1) is 11.3. The van der Waals surface area contributed by atoms with Crippen LogP contribution in [0.3, 0.4) is 0 Å². The molecule has 2 nitrogen and oxygen atoms in total. The van der Waals surface area contributed by atoms with Crippen molar-refractivity contribution in [2.24, 2.45) is 11.8 Å². The zero-order chi connectivity index (χ0) is 9.72. The topological polar surface area (TPSA) is 34.1 Å². The molecular weight excluding hydrogens is 152 g/mol. The van der Waals surface area contributed by atoms with E-state index in [1.54, 1.807) is 13.8 Å². The quantitative estimate of drug-likeness (QED) is 0.634. The average molecular weight is 170 g/mol. The zero-order valence-electron chi connectivity index (χ0n) is 8.39. The summed E-state index contributed by atoms with van der Waals surface area (Å²) >= 11 is 0. The van der Waals surface area contributed by atoms with E-state index in [2.05, 4.69) is 0 Å². The Morgan fingerprint density at radius 1 is 1.25 bits per heavy atom. The van der Waals surface area contributed by atoms with Gasteiger partial charge in [0, 0.05) is 12.3 Å². The lowest BCUT2D eigenvalue weighted by Gasteiger charge is -2.18. The van der Waals surface area contributed by atoms with Crippen molar-refractivity contribution in [2.45, 2.75) is 40.5 Å². The summed E-state index contributed by atoms with van der Waals surface area (Å²) < 4.78 is 0. The van der Waals surface area contributed by atoms with Gasteiger partial charge in [-0.3, -0.25) is 4.79 Å².